The molecule has 3 nitrogen and oxygen atoms in total. The van der Waals surface area contributed by atoms with Crippen molar-refractivity contribution in [2.24, 2.45) is 0 Å². The van der Waals surface area contributed by atoms with Gasteiger partial charge in [-0.3, -0.25) is 0 Å². The van der Waals surface area contributed by atoms with Crippen LogP contribution < -0.4 is 0 Å². The molecule has 1 N–H and O–H groups in total. The normalized spacial score (nSPS) is 10.3. The van der Waals surface area contributed by atoms with Crippen LogP contribution in [0.4, 0.5) is 4.39 Å². The van der Waals surface area contributed by atoms with Crippen molar-refractivity contribution in [3.8, 4) is 16.9 Å². The number of benzene rings is 2. The summed E-state index contributed by atoms with van der Waals surface area (Å²) < 4.78 is 19.0. The van der Waals surface area contributed by atoms with E-state index in [0.29, 0.717) is 10.0 Å². The molecule has 2 aromatic rings. The van der Waals surface area contributed by atoms with Crippen LogP contribution >= 0.6 is 15.9 Å². The zero-order chi connectivity index (χ0) is 14.0. The van der Waals surface area contributed by atoms with Gasteiger partial charge in [0, 0.05) is 10.0 Å². The Bertz CT molecular complexity index is 620. The summed E-state index contributed by atoms with van der Waals surface area (Å²) in [7, 11) is 1.26. The number of aromatic hydroxyl groups is 1. The van der Waals surface area contributed by atoms with Crippen molar-refractivity contribution in [2.75, 3.05) is 7.11 Å². The number of hydrogen-bond donors (Lipinski definition) is 1. The molecule has 0 aliphatic heterocycles. The molecule has 0 aromatic heterocycles. The second-order valence-electron chi connectivity index (χ2n) is 3.88. The quantitative estimate of drug-likeness (QED) is 0.856. The largest absolute Gasteiger partial charge is 0.508 e. The molecule has 0 atom stereocenters. The van der Waals surface area contributed by atoms with Gasteiger partial charge in [-0.2, -0.15) is 0 Å². The molecule has 19 heavy (non-hydrogen) atoms. The SMILES string of the molecule is COC(=O)c1ccc(F)c(-c2cc(O)cc(Br)c2)c1. The highest BCUT2D eigenvalue weighted by Crippen LogP contribution is 2.30. The molecule has 0 unspecified atom stereocenters. The Morgan fingerprint density at radius 1 is 1.26 bits per heavy atom. The standard InChI is InChI=1S/C14H10BrFO3/c1-19-14(18)8-2-3-13(16)12(6-8)9-4-10(15)7-11(17)5-9/h2-7,17H,1H3. The molecule has 98 valence electrons. The van der Waals surface area contributed by atoms with Gasteiger partial charge in [0.1, 0.15) is 11.6 Å². The van der Waals surface area contributed by atoms with Crippen molar-refractivity contribution in [1.29, 1.82) is 0 Å². The van der Waals surface area contributed by atoms with E-state index < -0.39 is 11.8 Å². The summed E-state index contributed by atoms with van der Waals surface area (Å²) in [6.07, 6.45) is 0. The summed E-state index contributed by atoms with van der Waals surface area (Å²) >= 11 is 3.22. The number of carbonyl (C=O) groups is 1. The minimum atomic E-state index is -0.541. The Hall–Kier alpha value is -1.88. The van der Waals surface area contributed by atoms with Crippen molar-refractivity contribution in [3.63, 3.8) is 0 Å². The van der Waals surface area contributed by atoms with Gasteiger partial charge in [-0.1, -0.05) is 15.9 Å². The molecule has 0 bridgehead atoms. The Morgan fingerprint density at radius 3 is 2.63 bits per heavy atom. The molecule has 5 heteroatoms. The first-order valence-corrected chi connectivity index (χ1v) is 6.18. The van der Waals surface area contributed by atoms with Crippen LogP contribution in [-0.4, -0.2) is 18.2 Å². The second kappa shape index (κ2) is 5.40. The summed E-state index contributed by atoms with van der Waals surface area (Å²) in [5.41, 5.74) is 0.938. The van der Waals surface area contributed by atoms with E-state index in [9.17, 15) is 14.3 Å². The summed E-state index contributed by atoms with van der Waals surface area (Å²) in [5, 5.41) is 9.53. The van der Waals surface area contributed by atoms with E-state index in [1.165, 1.54) is 37.4 Å². The first kappa shape index (κ1) is 13.5. The lowest BCUT2D eigenvalue weighted by Crippen LogP contribution is -2.01. The van der Waals surface area contributed by atoms with Crippen LogP contribution in [0.3, 0.4) is 0 Å². The number of carbonyl (C=O) groups excluding carboxylic acids is 1. The third kappa shape index (κ3) is 2.93. The van der Waals surface area contributed by atoms with Crippen LogP contribution in [0.15, 0.2) is 40.9 Å². The summed E-state index contributed by atoms with van der Waals surface area (Å²) in [5.74, 6) is -1.02. The smallest absolute Gasteiger partial charge is 0.337 e. The number of methoxy groups -OCH3 is 1. The molecular weight excluding hydrogens is 315 g/mol. The highest BCUT2D eigenvalue weighted by molar-refractivity contribution is 9.10. The van der Waals surface area contributed by atoms with Crippen molar-refractivity contribution in [3.05, 3.63) is 52.3 Å². The zero-order valence-corrected chi connectivity index (χ0v) is 11.6. The molecule has 0 heterocycles. The number of ether oxygens (including phenoxy) is 1. The van der Waals surface area contributed by atoms with E-state index in [1.807, 2.05) is 0 Å². The maximum Gasteiger partial charge on any atom is 0.337 e. The molecule has 2 aromatic carbocycles. The van der Waals surface area contributed by atoms with E-state index in [0.717, 1.165) is 0 Å². The lowest BCUT2D eigenvalue weighted by molar-refractivity contribution is 0.0600. The molecular formula is C14H10BrFO3. The number of rotatable bonds is 2. The molecule has 0 fully saturated rings. The maximum atomic E-state index is 13.8. The van der Waals surface area contributed by atoms with Crippen LogP contribution in [-0.2, 0) is 4.74 Å². The molecule has 0 radical (unpaired) electrons. The van der Waals surface area contributed by atoms with Gasteiger partial charge in [0.05, 0.1) is 12.7 Å². The van der Waals surface area contributed by atoms with E-state index in [4.69, 9.17) is 0 Å². The predicted octanol–water partition coefficient (Wildman–Crippen LogP) is 3.75. The van der Waals surface area contributed by atoms with E-state index in [-0.39, 0.29) is 16.9 Å². The van der Waals surface area contributed by atoms with Crippen LogP contribution in [0.25, 0.3) is 11.1 Å². The number of hydrogen-bond acceptors (Lipinski definition) is 3. The Labute approximate surface area is 117 Å². The van der Waals surface area contributed by atoms with Crippen molar-refractivity contribution in [1.82, 2.24) is 0 Å². The molecule has 0 saturated carbocycles. The average Bonchev–Trinajstić information content (AvgIpc) is 2.37. The fourth-order valence-electron chi connectivity index (χ4n) is 1.72. The Balaban J connectivity index is 2.57. The minimum absolute atomic E-state index is 0.00671. The van der Waals surface area contributed by atoms with Crippen molar-refractivity contribution < 1.29 is 19.0 Å². The molecule has 0 amide bonds. The fraction of sp³-hybridized carbons (Fsp3) is 0.0714. The summed E-state index contributed by atoms with van der Waals surface area (Å²) in [4.78, 5) is 11.4. The maximum absolute atomic E-state index is 13.8. The van der Waals surface area contributed by atoms with Crippen molar-refractivity contribution in [2.45, 2.75) is 0 Å². The molecule has 0 spiro atoms. The molecule has 2 rings (SSSR count). The summed E-state index contributed by atoms with van der Waals surface area (Å²) in [6, 6.07) is 8.50. The third-order valence-corrected chi connectivity index (χ3v) is 3.04. The van der Waals surface area contributed by atoms with Crippen LogP contribution in [0.1, 0.15) is 10.4 Å². The van der Waals surface area contributed by atoms with Crippen molar-refractivity contribution >= 4 is 21.9 Å². The van der Waals surface area contributed by atoms with E-state index in [2.05, 4.69) is 20.7 Å². The Morgan fingerprint density at radius 2 is 2.00 bits per heavy atom. The fourth-order valence-corrected chi connectivity index (χ4v) is 2.20. The van der Waals surface area contributed by atoms with Gasteiger partial charge in [0.15, 0.2) is 0 Å². The van der Waals surface area contributed by atoms with E-state index in [1.54, 1.807) is 6.07 Å². The highest BCUT2D eigenvalue weighted by atomic mass is 79.9. The predicted molar refractivity (Wildman–Crippen MR) is 72.5 cm³/mol. The minimum Gasteiger partial charge on any atom is -0.508 e. The Kier molecular flexibility index (Phi) is 3.85. The van der Waals surface area contributed by atoms with Gasteiger partial charge < -0.3 is 9.84 Å². The van der Waals surface area contributed by atoms with Crippen LogP contribution in [0, 0.1) is 5.82 Å². The van der Waals surface area contributed by atoms with Gasteiger partial charge in [-0.15, -0.1) is 0 Å². The number of halogens is 2. The summed E-state index contributed by atoms with van der Waals surface area (Å²) in [6.45, 7) is 0. The third-order valence-electron chi connectivity index (χ3n) is 2.58. The first-order valence-electron chi connectivity index (χ1n) is 5.39. The topological polar surface area (TPSA) is 46.5 Å². The number of esters is 1. The van der Waals surface area contributed by atoms with Gasteiger partial charge in [-0.25, -0.2) is 9.18 Å². The van der Waals surface area contributed by atoms with Gasteiger partial charge in [-0.05, 0) is 42.0 Å². The zero-order valence-electron chi connectivity index (χ0n) is 9.98. The van der Waals surface area contributed by atoms with Gasteiger partial charge >= 0.3 is 5.97 Å². The number of phenolic OH excluding ortho intramolecular Hbond substituents is 1. The van der Waals surface area contributed by atoms with Crippen LogP contribution in [0.5, 0.6) is 5.75 Å². The van der Waals surface area contributed by atoms with Gasteiger partial charge in [0.2, 0.25) is 0 Å². The highest BCUT2D eigenvalue weighted by Gasteiger charge is 2.12. The molecule has 0 aliphatic rings. The lowest BCUT2D eigenvalue weighted by Gasteiger charge is -2.07. The first-order chi connectivity index (χ1) is 9.01. The number of phenols is 1. The molecule has 0 saturated heterocycles. The second-order valence-corrected chi connectivity index (χ2v) is 4.80. The molecule has 0 aliphatic carbocycles. The van der Waals surface area contributed by atoms with Gasteiger partial charge in [0.25, 0.3) is 0 Å². The monoisotopic (exact) mass is 324 g/mol. The van der Waals surface area contributed by atoms with E-state index >= 15 is 0 Å². The van der Waals surface area contributed by atoms with Crippen LogP contribution in [0.2, 0.25) is 0 Å². The average molecular weight is 325 g/mol. The lowest BCUT2D eigenvalue weighted by atomic mass is 10.0.